The van der Waals surface area contributed by atoms with Gasteiger partial charge in [0.05, 0.1) is 17.2 Å². The van der Waals surface area contributed by atoms with E-state index in [0.717, 1.165) is 32.6 Å². The molecule has 1 aromatic carbocycles. The van der Waals surface area contributed by atoms with Crippen molar-refractivity contribution in [2.24, 2.45) is 7.05 Å². The lowest BCUT2D eigenvalue weighted by molar-refractivity contribution is 0.956. The highest BCUT2D eigenvalue weighted by molar-refractivity contribution is 9.10. The first kappa shape index (κ1) is 11.2. The van der Waals surface area contributed by atoms with Crippen LogP contribution in [0.1, 0.15) is 0 Å². The van der Waals surface area contributed by atoms with Crippen molar-refractivity contribution in [3.8, 4) is 11.4 Å². The number of aryl methyl sites for hydroxylation is 1. The number of nitrogen functional groups attached to an aromatic ring is 1. The van der Waals surface area contributed by atoms with E-state index in [1.807, 2.05) is 42.1 Å². The van der Waals surface area contributed by atoms with Crippen molar-refractivity contribution in [1.82, 2.24) is 14.5 Å². The number of nitrogens with two attached hydrogens (primary N) is 1. The zero-order chi connectivity index (χ0) is 12.7. The fourth-order valence-electron chi connectivity index (χ4n) is 1.96. The lowest BCUT2D eigenvalue weighted by Gasteiger charge is -2.04. The van der Waals surface area contributed by atoms with Crippen LogP contribution in [0.5, 0.6) is 0 Å². The lowest BCUT2D eigenvalue weighted by Crippen LogP contribution is -1.94. The minimum Gasteiger partial charge on any atom is -0.398 e. The van der Waals surface area contributed by atoms with E-state index in [1.165, 1.54) is 0 Å². The van der Waals surface area contributed by atoms with E-state index < -0.39 is 0 Å². The summed E-state index contributed by atoms with van der Waals surface area (Å²) in [6, 6.07) is 7.72. The molecule has 4 nitrogen and oxygen atoms in total. The maximum absolute atomic E-state index is 5.80. The number of hydrogen-bond donors (Lipinski definition) is 1. The van der Waals surface area contributed by atoms with Gasteiger partial charge in [-0.1, -0.05) is 0 Å². The lowest BCUT2D eigenvalue weighted by atomic mass is 10.2. The van der Waals surface area contributed by atoms with Crippen LogP contribution < -0.4 is 5.73 Å². The Morgan fingerprint density at radius 3 is 2.83 bits per heavy atom. The third-order valence-corrected chi connectivity index (χ3v) is 3.63. The summed E-state index contributed by atoms with van der Waals surface area (Å²) in [4.78, 5) is 8.74. The SMILES string of the molecule is Cn1c(-c2ccc(N)c(Br)c2)nc2ccncc21. The summed E-state index contributed by atoms with van der Waals surface area (Å²) in [6.07, 6.45) is 3.57. The quantitative estimate of drug-likeness (QED) is 0.703. The van der Waals surface area contributed by atoms with Crippen LogP contribution in [0.4, 0.5) is 5.69 Å². The Morgan fingerprint density at radius 1 is 1.28 bits per heavy atom. The van der Waals surface area contributed by atoms with E-state index in [2.05, 4.69) is 25.9 Å². The average molecular weight is 303 g/mol. The van der Waals surface area contributed by atoms with E-state index in [9.17, 15) is 0 Å². The Bertz CT molecular complexity index is 733. The van der Waals surface area contributed by atoms with Crippen molar-refractivity contribution in [2.75, 3.05) is 5.73 Å². The molecule has 0 saturated heterocycles. The highest BCUT2D eigenvalue weighted by Gasteiger charge is 2.10. The third kappa shape index (κ3) is 1.67. The molecule has 0 saturated carbocycles. The number of halogens is 1. The fourth-order valence-corrected chi connectivity index (χ4v) is 2.34. The molecular weight excluding hydrogens is 292 g/mol. The van der Waals surface area contributed by atoms with Crippen LogP contribution in [0.2, 0.25) is 0 Å². The summed E-state index contributed by atoms with van der Waals surface area (Å²) < 4.78 is 2.91. The maximum atomic E-state index is 5.80. The Hall–Kier alpha value is -1.88. The van der Waals surface area contributed by atoms with Crippen LogP contribution in [0, 0.1) is 0 Å². The van der Waals surface area contributed by atoms with E-state index in [-0.39, 0.29) is 0 Å². The van der Waals surface area contributed by atoms with Crippen molar-refractivity contribution in [1.29, 1.82) is 0 Å². The molecule has 0 spiro atoms. The summed E-state index contributed by atoms with van der Waals surface area (Å²) in [7, 11) is 1.98. The van der Waals surface area contributed by atoms with Gasteiger partial charge in [0.1, 0.15) is 5.82 Å². The molecule has 0 amide bonds. The van der Waals surface area contributed by atoms with Gasteiger partial charge in [0.2, 0.25) is 0 Å². The molecule has 2 heterocycles. The molecule has 0 aliphatic rings. The molecule has 3 aromatic rings. The molecular formula is C13H11BrN4. The molecule has 2 N–H and O–H groups in total. The van der Waals surface area contributed by atoms with E-state index >= 15 is 0 Å². The van der Waals surface area contributed by atoms with Gasteiger partial charge in [0.15, 0.2) is 0 Å². The van der Waals surface area contributed by atoms with Gasteiger partial charge in [-0.2, -0.15) is 0 Å². The highest BCUT2D eigenvalue weighted by Crippen LogP contribution is 2.28. The largest absolute Gasteiger partial charge is 0.398 e. The van der Waals surface area contributed by atoms with Crippen molar-refractivity contribution in [2.45, 2.75) is 0 Å². The average Bonchev–Trinajstić information content (AvgIpc) is 2.71. The zero-order valence-electron chi connectivity index (χ0n) is 9.76. The molecule has 5 heteroatoms. The van der Waals surface area contributed by atoms with E-state index in [1.54, 1.807) is 6.20 Å². The number of anilines is 1. The second-order valence-electron chi connectivity index (χ2n) is 4.10. The first-order chi connectivity index (χ1) is 8.66. The van der Waals surface area contributed by atoms with Gasteiger partial charge in [0, 0.05) is 29.0 Å². The molecule has 0 atom stereocenters. The Kier molecular flexibility index (Phi) is 2.56. The summed E-state index contributed by atoms with van der Waals surface area (Å²) in [5.74, 6) is 0.902. The number of imidazole rings is 1. The topological polar surface area (TPSA) is 56.7 Å². The fraction of sp³-hybridized carbons (Fsp3) is 0.0769. The number of aromatic nitrogens is 3. The minimum atomic E-state index is 0.721. The Balaban J connectivity index is 2.25. The smallest absolute Gasteiger partial charge is 0.140 e. The van der Waals surface area contributed by atoms with Gasteiger partial charge < -0.3 is 10.3 Å². The molecule has 18 heavy (non-hydrogen) atoms. The summed E-state index contributed by atoms with van der Waals surface area (Å²) in [5.41, 5.74) is 9.49. The molecule has 3 rings (SSSR count). The van der Waals surface area contributed by atoms with Crippen molar-refractivity contribution >= 4 is 32.7 Å². The first-order valence-corrected chi connectivity index (χ1v) is 6.28. The van der Waals surface area contributed by atoms with Crippen molar-refractivity contribution in [3.05, 3.63) is 41.1 Å². The molecule has 0 radical (unpaired) electrons. The number of pyridine rings is 1. The van der Waals surface area contributed by atoms with Crippen LogP contribution in [0.3, 0.4) is 0 Å². The van der Waals surface area contributed by atoms with E-state index in [4.69, 9.17) is 5.73 Å². The molecule has 0 fully saturated rings. The highest BCUT2D eigenvalue weighted by atomic mass is 79.9. The van der Waals surface area contributed by atoms with Gasteiger partial charge >= 0.3 is 0 Å². The summed E-state index contributed by atoms with van der Waals surface area (Å²) in [5, 5.41) is 0. The zero-order valence-corrected chi connectivity index (χ0v) is 11.3. The molecule has 0 bridgehead atoms. The standard InChI is InChI=1S/C13H11BrN4/c1-18-12-7-16-5-4-11(12)17-13(18)8-2-3-10(15)9(14)6-8/h2-7H,15H2,1H3. The normalized spacial score (nSPS) is 11.0. The molecule has 2 aromatic heterocycles. The van der Waals surface area contributed by atoms with Gasteiger partial charge in [-0.15, -0.1) is 0 Å². The summed E-state index contributed by atoms with van der Waals surface area (Å²) >= 11 is 3.44. The second-order valence-corrected chi connectivity index (χ2v) is 4.95. The number of hydrogen-bond acceptors (Lipinski definition) is 3. The van der Waals surface area contributed by atoms with Crippen LogP contribution in [0.25, 0.3) is 22.4 Å². The number of nitrogens with zero attached hydrogens (tertiary/aromatic N) is 3. The predicted molar refractivity (Wildman–Crippen MR) is 76.1 cm³/mol. The van der Waals surface area contributed by atoms with Gasteiger partial charge in [-0.3, -0.25) is 4.98 Å². The van der Waals surface area contributed by atoms with Crippen LogP contribution in [0.15, 0.2) is 41.1 Å². The second kappa shape index (κ2) is 4.10. The summed E-state index contributed by atoms with van der Waals surface area (Å²) in [6.45, 7) is 0. The van der Waals surface area contributed by atoms with Crippen LogP contribution in [-0.2, 0) is 7.05 Å². The Morgan fingerprint density at radius 2 is 2.11 bits per heavy atom. The third-order valence-electron chi connectivity index (χ3n) is 2.94. The number of rotatable bonds is 1. The van der Waals surface area contributed by atoms with Gasteiger partial charge in [0.25, 0.3) is 0 Å². The molecule has 0 unspecified atom stereocenters. The van der Waals surface area contributed by atoms with Gasteiger partial charge in [-0.25, -0.2) is 4.98 Å². The van der Waals surface area contributed by atoms with Crippen LogP contribution in [-0.4, -0.2) is 14.5 Å². The molecule has 0 aliphatic carbocycles. The molecule has 90 valence electrons. The molecule has 0 aliphatic heterocycles. The van der Waals surface area contributed by atoms with Crippen molar-refractivity contribution in [3.63, 3.8) is 0 Å². The number of benzene rings is 1. The van der Waals surface area contributed by atoms with E-state index in [0.29, 0.717) is 0 Å². The number of fused-ring (bicyclic) bond motifs is 1. The van der Waals surface area contributed by atoms with Crippen molar-refractivity contribution < 1.29 is 0 Å². The van der Waals surface area contributed by atoms with Gasteiger partial charge in [-0.05, 0) is 40.2 Å². The maximum Gasteiger partial charge on any atom is 0.140 e. The monoisotopic (exact) mass is 302 g/mol. The first-order valence-electron chi connectivity index (χ1n) is 5.48. The predicted octanol–water partition coefficient (Wildman–Crippen LogP) is 2.98. The minimum absolute atomic E-state index is 0.721. The Labute approximate surface area is 113 Å². The van der Waals surface area contributed by atoms with Crippen LogP contribution >= 0.6 is 15.9 Å².